The molecule has 0 saturated heterocycles. The summed E-state index contributed by atoms with van der Waals surface area (Å²) in [6, 6.07) is 5.69. The summed E-state index contributed by atoms with van der Waals surface area (Å²) in [5.41, 5.74) is 0.0818. The monoisotopic (exact) mass is 330 g/mol. The minimum absolute atomic E-state index is 0.00920. The van der Waals surface area contributed by atoms with Crippen LogP contribution >= 0.6 is 0 Å². The van der Waals surface area contributed by atoms with E-state index < -0.39 is 17.3 Å². The van der Waals surface area contributed by atoms with Gasteiger partial charge < -0.3 is 5.11 Å². The van der Waals surface area contributed by atoms with Gasteiger partial charge in [0.15, 0.2) is 0 Å². The molecule has 7 nitrogen and oxygen atoms in total. The highest BCUT2D eigenvalue weighted by Gasteiger charge is 2.15. The molecule has 2 heterocycles. The van der Waals surface area contributed by atoms with Gasteiger partial charge in [-0.2, -0.15) is 0 Å². The minimum atomic E-state index is -0.884. The number of carboxylic acid groups (broad SMARTS) is 1. The molecule has 0 saturated carbocycles. The van der Waals surface area contributed by atoms with Gasteiger partial charge in [-0.25, -0.2) is 4.39 Å². The summed E-state index contributed by atoms with van der Waals surface area (Å²) in [6.45, 7) is 1.79. The third-order valence-corrected chi connectivity index (χ3v) is 3.68. The van der Waals surface area contributed by atoms with Gasteiger partial charge in [0.25, 0.3) is 0 Å². The van der Waals surface area contributed by atoms with E-state index in [0.29, 0.717) is 17.9 Å². The molecular weight excluding hydrogens is 315 g/mol. The number of benzene rings is 1. The van der Waals surface area contributed by atoms with Crippen LogP contribution in [0.5, 0.6) is 0 Å². The average molecular weight is 330 g/mol. The molecule has 24 heavy (non-hydrogen) atoms. The first-order chi connectivity index (χ1) is 11.5. The van der Waals surface area contributed by atoms with Crippen LogP contribution in [0.1, 0.15) is 19.2 Å². The third kappa shape index (κ3) is 3.03. The van der Waals surface area contributed by atoms with Gasteiger partial charge in [-0.05, 0) is 24.1 Å². The van der Waals surface area contributed by atoms with E-state index >= 15 is 0 Å². The average Bonchev–Trinajstić information content (AvgIpc) is 2.90. The Hall–Kier alpha value is -3.03. The molecule has 0 aliphatic heterocycles. The quantitative estimate of drug-likeness (QED) is 0.768. The maximum absolute atomic E-state index is 13.4. The molecule has 3 aromatic rings. The lowest BCUT2D eigenvalue weighted by Gasteiger charge is -2.08. The lowest BCUT2D eigenvalue weighted by molar-refractivity contribution is -0.137. The molecule has 8 heteroatoms. The lowest BCUT2D eigenvalue weighted by atomic mass is 10.0. The van der Waals surface area contributed by atoms with Crippen molar-refractivity contribution in [3.8, 4) is 5.69 Å². The van der Waals surface area contributed by atoms with Crippen LogP contribution in [-0.2, 0) is 11.2 Å². The number of carboxylic acids is 1. The lowest BCUT2D eigenvalue weighted by Crippen LogP contribution is -2.20. The van der Waals surface area contributed by atoms with Crippen molar-refractivity contribution >= 4 is 11.6 Å². The fourth-order valence-electron chi connectivity index (χ4n) is 2.59. The first-order valence-corrected chi connectivity index (χ1v) is 7.38. The molecule has 3 rings (SSSR count). The zero-order valence-corrected chi connectivity index (χ0v) is 12.9. The second-order valence-electron chi connectivity index (χ2n) is 5.67. The number of halogens is 1. The van der Waals surface area contributed by atoms with Gasteiger partial charge in [-0.1, -0.05) is 13.0 Å². The van der Waals surface area contributed by atoms with E-state index in [0.717, 1.165) is 0 Å². The first-order valence-electron chi connectivity index (χ1n) is 7.38. The van der Waals surface area contributed by atoms with E-state index in [1.807, 2.05) is 0 Å². The number of fused-ring (bicyclic) bond motifs is 1. The molecule has 0 aliphatic rings. The van der Waals surface area contributed by atoms with Crippen LogP contribution in [0, 0.1) is 11.7 Å². The van der Waals surface area contributed by atoms with Gasteiger partial charge in [0, 0.05) is 25.2 Å². The predicted octanol–water partition coefficient (Wildman–Crippen LogP) is 1.67. The van der Waals surface area contributed by atoms with E-state index in [2.05, 4.69) is 10.2 Å². The van der Waals surface area contributed by atoms with Crippen molar-refractivity contribution in [3.05, 3.63) is 58.7 Å². The van der Waals surface area contributed by atoms with Crippen LogP contribution < -0.4 is 5.56 Å². The number of aromatic nitrogens is 4. The Labute approximate surface area is 136 Å². The number of nitrogens with zero attached hydrogens (tertiary/aromatic N) is 4. The predicted molar refractivity (Wildman–Crippen MR) is 83.7 cm³/mol. The molecule has 0 fully saturated rings. The second kappa shape index (κ2) is 6.23. The Morgan fingerprint density at radius 2 is 2.12 bits per heavy atom. The van der Waals surface area contributed by atoms with Gasteiger partial charge in [-0.15, -0.1) is 10.2 Å². The largest absolute Gasteiger partial charge is 0.481 e. The summed E-state index contributed by atoms with van der Waals surface area (Å²) >= 11 is 0. The van der Waals surface area contributed by atoms with Crippen LogP contribution in [0.2, 0.25) is 0 Å². The van der Waals surface area contributed by atoms with Gasteiger partial charge in [0.05, 0.1) is 5.69 Å². The zero-order chi connectivity index (χ0) is 17.3. The van der Waals surface area contributed by atoms with Gasteiger partial charge >= 0.3 is 11.5 Å². The molecule has 0 amide bonds. The van der Waals surface area contributed by atoms with Crippen LogP contribution in [0.3, 0.4) is 0 Å². The normalized spacial score (nSPS) is 12.4. The van der Waals surface area contributed by atoms with Gasteiger partial charge in [-0.3, -0.25) is 18.6 Å². The van der Waals surface area contributed by atoms with E-state index in [1.165, 1.54) is 33.4 Å². The fourth-order valence-corrected chi connectivity index (χ4v) is 2.59. The molecule has 1 aromatic carbocycles. The molecule has 1 atom stereocenters. The zero-order valence-electron chi connectivity index (χ0n) is 12.9. The Bertz CT molecular complexity index is 963. The molecule has 1 unspecified atom stereocenters. The van der Waals surface area contributed by atoms with Crippen molar-refractivity contribution in [2.45, 2.75) is 19.8 Å². The Balaban J connectivity index is 2.00. The number of hydrogen-bond acceptors (Lipinski definition) is 4. The molecule has 124 valence electrons. The SMILES string of the molecule is CC(CC(=O)O)Cc1nnc2c(=O)n(-c3cccc(F)c3)ccn12. The summed E-state index contributed by atoms with van der Waals surface area (Å²) in [4.78, 5) is 23.3. The molecule has 0 radical (unpaired) electrons. The standard InChI is InChI=1S/C16H15FN4O3/c1-10(8-14(22)23)7-13-18-19-15-16(24)20(5-6-21(13)15)12-4-2-3-11(17)9-12/h2-6,9-10H,7-8H2,1H3,(H,22,23). The first kappa shape index (κ1) is 15.9. The smallest absolute Gasteiger partial charge is 0.303 e. The van der Waals surface area contributed by atoms with Crippen molar-refractivity contribution in [3.63, 3.8) is 0 Å². The highest BCUT2D eigenvalue weighted by atomic mass is 19.1. The number of hydrogen-bond donors (Lipinski definition) is 1. The fraction of sp³-hybridized carbons (Fsp3) is 0.250. The van der Waals surface area contributed by atoms with Gasteiger partial charge in [0.2, 0.25) is 5.65 Å². The van der Waals surface area contributed by atoms with E-state index in [-0.39, 0.29) is 18.0 Å². The van der Waals surface area contributed by atoms with Gasteiger partial charge in [0.1, 0.15) is 11.6 Å². The molecule has 2 aromatic heterocycles. The van der Waals surface area contributed by atoms with Crippen molar-refractivity contribution in [2.24, 2.45) is 5.92 Å². The molecule has 1 N–H and O–H groups in total. The number of carbonyl (C=O) groups is 1. The molecular formula is C16H15FN4O3. The number of rotatable bonds is 5. The molecule has 0 bridgehead atoms. The number of aliphatic carboxylic acids is 1. The van der Waals surface area contributed by atoms with Crippen LogP contribution in [0.4, 0.5) is 4.39 Å². The summed E-state index contributed by atoms with van der Waals surface area (Å²) in [7, 11) is 0. The Morgan fingerprint density at radius 1 is 1.33 bits per heavy atom. The summed E-state index contributed by atoms with van der Waals surface area (Å²) in [5, 5.41) is 16.7. The summed E-state index contributed by atoms with van der Waals surface area (Å²) < 4.78 is 16.2. The molecule has 0 aliphatic carbocycles. The minimum Gasteiger partial charge on any atom is -0.481 e. The van der Waals surface area contributed by atoms with Crippen molar-refractivity contribution in [1.82, 2.24) is 19.2 Å². The highest BCUT2D eigenvalue weighted by molar-refractivity contribution is 5.67. The van der Waals surface area contributed by atoms with E-state index in [1.54, 1.807) is 19.2 Å². The maximum atomic E-state index is 13.4. The molecule has 0 spiro atoms. The maximum Gasteiger partial charge on any atom is 0.303 e. The van der Waals surface area contributed by atoms with E-state index in [4.69, 9.17) is 5.11 Å². The van der Waals surface area contributed by atoms with Crippen LogP contribution in [0.15, 0.2) is 41.5 Å². The highest BCUT2D eigenvalue weighted by Crippen LogP contribution is 2.12. The van der Waals surface area contributed by atoms with Crippen molar-refractivity contribution in [1.29, 1.82) is 0 Å². The van der Waals surface area contributed by atoms with Crippen molar-refractivity contribution < 1.29 is 14.3 Å². The topological polar surface area (TPSA) is 89.5 Å². The Morgan fingerprint density at radius 3 is 2.83 bits per heavy atom. The van der Waals surface area contributed by atoms with Crippen LogP contribution in [0.25, 0.3) is 11.3 Å². The summed E-state index contributed by atoms with van der Waals surface area (Å²) in [5.74, 6) is -0.948. The van der Waals surface area contributed by atoms with Crippen molar-refractivity contribution in [2.75, 3.05) is 0 Å². The van der Waals surface area contributed by atoms with Crippen LogP contribution in [-0.4, -0.2) is 30.2 Å². The third-order valence-electron chi connectivity index (χ3n) is 3.68. The van der Waals surface area contributed by atoms with E-state index in [9.17, 15) is 14.0 Å². The summed E-state index contributed by atoms with van der Waals surface area (Å²) in [6.07, 6.45) is 3.52. The second-order valence-corrected chi connectivity index (χ2v) is 5.67. The Kier molecular flexibility index (Phi) is 4.11.